The van der Waals surface area contributed by atoms with Crippen molar-refractivity contribution < 1.29 is 0 Å². The second-order valence-electron chi connectivity index (χ2n) is 5.14. The highest BCUT2D eigenvalue weighted by Crippen LogP contribution is 2.22. The standard InChI is InChI=1S/C15H20N4/c1-11(2)10-19(7-5-6-16)15-14(9-17)12(3)8-13(4)18-15/h8,11H,5,7,10H2,1-4H3. The van der Waals surface area contributed by atoms with Crippen LogP contribution in [0.15, 0.2) is 6.07 Å². The molecular formula is C15H20N4. The van der Waals surface area contributed by atoms with E-state index in [1.807, 2.05) is 24.8 Å². The van der Waals surface area contributed by atoms with Gasteiger partial charge in [0.1, 0.15) is 11.9 Å². The molecule has 0 unspecified atom stereocenters. The first-order valence-electron chi connectivity index (χ1n) is 6.49. The fraction of sp³-hybridized carbons (Fsp3) is 0.533. The second kappa shape index (κ2) is 6.75. The fourth-order valence-corrected chi connectivity index (χ4v) is 2.09. The molecule has 0 saturated carbocycles. The molecule has 4 heteroatoms. The SMILES string of the molecule is Cc1cc(C)c(C#N)c(N(CCC#N)CC(C)C)n1. The first kappa shape index (κ1) is 15.0. The summed E-state index contributed by atoms with van der Waals surface area (Å²) in [5.41, 5.74) is 2.46. The minimum atomic E-state index is 0.437. The van der Waals surface area contributed by atoms with E-state index >= 15 is 0 Å². The lowest BCUT2D eigenvalue weighted by molar-refractivity contribution is 0.606. The average Bonchev–Trinajstić information content (AvgIpc) is 2.33. The third kappa shape index (κ3) is 3.96. The molecule has 0 aliphatic rings. The van der Waals surface area contributed by atoms with E-state index in [1.165, 1.54) is 0 Å². The minimum absolute atomic E-state index is 0.437. The van der Waals surface area contributed by atoms with E-state index < -0.39 is 0 Å². The van der Waals surface area contributed by atoms with Crippen molar-refractivity contribution in [2.75, 3.05) is 18.0 Å². The van der Waals surface area contributed by atoms with Gasteiger partial charge in [0, 0.05) is 18.8 Å². The summed E-state index contributed by atoms with van der Waals surface area (Å²) < 4.78 is 0. The Balaban J connectivity index is 3.21. The van der Waals surface area contributed by atoms with Crippen molar-refractivity contribution in [3.8, 4) is 12.1 Å². The summed E-state index contributed by atoms with van der Waals surface area (Å²) in [6.45, 7) is 9.50. The number of hydrogen-bond donors (Lipinski definition) is 0. The highest BCUT2D eigenvalue weighted by molar-refractivity contribution is 5.58. The lowest BCUT2D eigenvalue weighted by atomic mass is 10.1. The Labute approximate surface area is 115 Å². The van der Waals surface area contributed by atoms with Gasteiger partial charge in [-0.25, -0.2) is 4.98 Å². The highest BCUT2D eigenvalue weighted by atomic mass is 15.2. The summed E-state index contributed by atoms with van der Waals surface area (Å²) >= 11 is 0. The van der Waals surface area contributed by atoms with Crippen LogP contribution in [0.25, 0.3) is 0 Å². The predicted molar refractivity (Wildman–Crippen MR) is 75.7 cm³/mol. The molecule has 0 fully saturated rings. The van der Waals surface area contributed by atoms with Crippen molar-refractivity contribution in [3.63, 3.8) is 0 Å². The molecule has 19 heavy (non-hydrogen) atoms. The van der Waals surface area contributed by atoms with Gasteiger partial charge >= 0.3 is 0 Å². The largest absolute Gasteiger partial charge is 0.354 e. The zero-order valence-electron chi connectivity index (χ0n) is 12.1. The molecular weight excluding hydrogens is 236 g/mol. The Hall–Kier alpha value is -2.07. The van der Waals surface area contributed by atoms with E-state index in [0.717, 1.165) is 17.8 Å². The molecule has 4 nitrogen and oxygen atoms in total. The van der Waals surface area contributed by atoms with Gasteiger partial charge in [-0.2, -0.15) is 10.5 Å². The Bertz CT molecular complexity index is 520. The maximum Gasteiger partial charge on any atom is 0.147 e. The lowest BCUT2D eigenvalue weighted by Crippen LogP contribution is -2.30. The van der Waals surface area contributed by atoms with Gasteiger partial charge in [-0.15, -0.1) is 0 Å². The number of aryl methyl sites for hydroxylation is 2. The third-order valence-electron chi connectivity index (χ3n) is 2.82. The first-order chi connectivity index (χ1) is 8.99. The summed E-state index contributed by atoms with van der Waals surface area (Å²) in [5.74, 6) is 1.16. The smallest absolute Gasteiger partial charge is 0.147 e. The van der Waals surface area contributed by atoms with E-state index in [-0.39, 0.29) is 0 Å². The summed E-state index contributed by atoms with van der Waals surface area (Å²) in [5, 5.41) is 18.1. The molecule has 0 amide bonds. The molecule has 0 saturated heterocycles. The van der Waals surface area contributed by atoms with E-state index in [4.69, 9.17) is 5.26 Å². The van der Waals surface area contributed by atoms with E-state index in [2.05, 4.69) is 31.0 Å². The molecule has 100 valence electrons. The number of rotatable bonds is 5. The molecule has 1 aromatic rings. The van der Waals surface area contributed by atoms with Crippen LogP contribution in [0.1, 0.15) is 37.1 Å². The van der Waals surface area contributed by atoms with Gasteiger partial charge in [-0.05, 0) is 31.4 Å². The van der Waals surface area contributed by atoms with Gasteiger partial charge < -0.3 is 4.90 Å². The highest BCUT2D eigenvalue weighted by Gasteiger charge is 2.16. The number of nitriles is 2. The molecule has 1 rings (SSSR count). The molecule has 0 N–H and O–H groups in total. The maximum absolute atomic E-state index is 9.32. The molecule has 0 atom stereocenters. The van der Waals surface area contributed by atoms with Gasteiger partial charge in [0.15, 0.2) is 0 Å². The van der Waals surface area contributed by atoms with Crippen LogP contribution >= 0.6 is 0 Å². The van der Waals surface area contributed by atoms with Crippen LogP contribution < -0.4 is 4.90 Å². The van der Waals surface area contributed by atoms with Crippen LogP contribution in [0.4, 0.5) is 5.82 Å². The van der Waals surface area contributed by atoms with Crippen LogP contribution in [0.5, 0.6) is 0 Å². The number of hydrogen-bond acceptors (Lipinski definition) is 4. The van der Waals surface area contributed by atoms with E-state index in [0.29, 0.717) is 30.3 Å². The van der Waals surface area contributed by atoms with Crippen molar-refractivity contribution >= 4 is 5.82 Å². The van der Waals surface area contributed by atoms with Crippen LogP contribution in [0.2, 0.25) is 0 Å². The van der Waals surface area contributed by atoms with Gasteiger partial charge in [0.05, 0.1) is 18.1 Å². The number of anilines is 1. The minimum Gasteiger partial charge on any atom is -0.354 e. The molecule has 0 radical (unpaired) electrons. The maximum atomic E-state index is 9.32. The topological polar surface area (TPSA) is 63.7 Å². The fourth-order valence-electron chi connectivity index (χ4n) is 2.09. The number of pyridine rings is 1. The Morgan fingerprint density at radius 2 is 2.00 bits per heavy atom. The zero-order chi connectivity index (χ0) is 14.4. The van der Waals surface area contributed by atoms with Crippen LogP contribution in [0.3, 0.4) is 0 Å². The third-order valence-corrected chi connectivity index (χ3v) is 2.82. The van der Waals surface area contributed by atoms with Gasteiger partial charge in [-0.1, -0.05) is 13.8 Å². The summed E-state index contributed by atoms with van der Waals surface area (Å²) in [7, 11) is 0. The zero-order valence-corrected chi connectivity index (χ0v) is 12.1. The molecule has 1 heterocycles. The lowest BCUT2D eigenvalue weighted by Gasteiger charge is -2.26. The normalized spacial score (nSPS) is 10.1. The second-order valence-corrected chi connectivity index (χ2v) is 5.14. The summed E-state index contributed by atoms with van der Waals surface area (Å²) in [4.78, 5) is 6.55. The van der Waals surface area contributed by atoms with Crippen molar-refractivity contribution in [2.45, 2.75) is 34.1 Å². The van der Waals surface area contributed by atoms with Crippen molar-refractivity contribution in [1.29, 1.82) is 10.5 Å². The molecule has 0 bridgehead atoms. The summed E-state index contributed by atoms with van der Waals surface area (Å²) in [6, 6.07) is 6.31. The molecule has 0 aliphatic carbocycles. The van der Waals surface area contributed by atoms with Crippen LogP contribution in [0, 0.1) is 42.4 Å². The summed E-state index contributed by atoms with van der Waals surface area (Å²) in [6.07, 6.45) is 0.437. The molecule has 0 aromatic carbocycles. The first-order valence-corrected chi connectivity index (χ1v) is 6.49. The quantitative estimate of drug-likeness (QED) is 0.812. The van der Waals surface area contributed by atoms with Gasteiger partial charge in [0.2, 0.25) is 0 Å². The van der Waals surface area contributed by atoms with Gasteiger partial charge in [-0.3, -0.25) is 0 Å². The van der Waals surface area contributed by atoms with Crippen molar-refractivity contribution in [2.24, 2.45) is 5.92 Å². The van der Waals surface area contributed by atoms with Crippen LogP contribution in [-0.2, 0) is 0 Å². The van der Waals surface area contributed by atoms with Crippen molar-refractivity contribution in [1.82, 2.24) is 4.98 Å². The van der Waals surface area contributed by atoms with E-state index in [1.54, 1.807) is 0 Å². The van der Waals surface area contributed by atoms with Crippen LogP contribution in [-0.4, -0.2) is 18.1 Å². The monoisotopic (exact) mass is 256 g/mol. The predicted octanol–water partition coefficient (Wildman–Crippen LogP) is 2.95. The Kier molecular flexibility index (Phi) is 5.33. The van der Waals surface area contributed by atoms with Gasteiger partial charge in [0.25, 0.3) is 0 Å². The molecule has 0 aliphatic heterocycles. The number of aromatic nitrogens is 1. The molecule has 0 spiro atoms. The molecule has 1 aromatic heterocycles. The number of nitrogens with zero attached hydrogens (tertiary/aromatic N) is 4. The van der Waals surface area contributed by atoms with E-state index in [9.17, 15) is 5.26 Å². The average molecular weight is 256 g/mol. The Morgan fingerprint density at radius 1 is 1.32 bits per heavy atom. The Morgan fingerprint density at radius 3 is 2.53 bits per heavy atom. The van der Waals surface area contributed by atoms with Crippen molar-refractivity contribution in [3.05, 3.63) is 22.9 Å².